The van der Waals surface area contributed by atoms with Gasteiger partial charge in [0.05, 0.1) is 28.1 Å². The number of nitrogens with zero attached hydrogens (tertiary/aromatic N) is 3. The van der Waals surface area contributed by atoms with Gasteiger partial charge >= 0.3 is 6.85 Å². The number of rotatable bonds is 5. The third kappa shape index (κ3) is 5.93. The molecule has 0 aliphatic carbocycles. The van der Waals surface area contributed by atoms with E-state index in [9.17, 15) is 5.41 Å². The molecule has 0 radical (unpaired) electrons. The molecule has 0 atom stereocenters. The summed E-state index contributed by atoms with van der Waals surface area (Å²) in [4.78, 5) is 7.62. The zero-order chi connectivity index (χ0) is 35.1. The lowest BCUT2D eigenvalue weighted by molar-refractivity contribution is 0.483. The van der Waals surface area contributed by atoms with Gasteiger partial charge in [-0.2, -0.15) is 0 Å². The summed E-state index contributed by atoms with van der Waals surface area (Å²) in [6.45, 7) is 8.59. The van der Waals surface area contributed by atoms with Crippen LogP contribution in [-0.2, 0) is 0 Å². The van der Waals surface area contributed by atoms with Crippen LogP contribution in [0.2, 0.25) is 0 Å². The van der Waals surface area contributed by atoms with E-state index in [1.807, 2.05) is 60.0 Å². The van der Waals surface area contributed by atoms with Crippen LogP contribution in [-0.4, -0.2) is 23.0 Å². The number of benzene rings is 5. The molecular weight excluding hydrogens is 623 g/mol. The SMILES string of the molecule is C/C=C\C(=C/C(=N)n1c2ccccc2c2ccc(Oc3cccc(C4=Nc5ccccc5N5C=CC=CB5c5ccccc54)c3)cc21)C(C)(C)C. The van der Waals surface area contributed by atoms with Crippen LogP contribution in [0, 0.1) is 10.8 Å². The number of fused-ring (bicyclic) bond motifs is 8. The zero-order valence-corrected chi connectivity index (χ0v) is 29.3. The fourth-order valence-electron chi connectivity index (χ4n) is 7.15. The number of para-hydroxylation sites is 3. The molecule has 0 fully saturated rings. The first-order chi connectivity index (χ1) is 24.8. The van der Waals surface area contributed by atoms with Crippen molar-refractivity contribution < 1.29 is 4.74 Å². The highest BCUT2D eigenvalue weighted by molar-refractivity contribution is 6.83. The van der Waals surface area contributed by atoms with Crippen LogP contribution in [0.4, 0.5) is 11.4 Å². The molecule has 0 saturated heterocycles. The molecule has 248 valence electrons. The van der Waals surface area contributed by atoms with E-state index in [-0.39, 0.29) is 12.3 Å². The van der Waals surface area contributed by atoms with Gasteiger partial charge in [0, 0.05) is 22.4 Å². The molecule has 51 heavy (non-hydrogen) atoms. The van der Waals surface area contributed by atoms with Gasteiger partial charge < -0.3 is 9.55 Å². The molecule has 8 rings (SSSR count). The van der Waals surface area contributed by atoms with Crippen molar-refractivity contribution in [2.24, 2.45) is 10.4 Å². The fraction of sp³-hybridized carbons (Fsp3) is 0.111. The van der Waals surface area contributed by atoms with E-state index in [1.54, 1.807) is 0 Å². The Bertz CT molecular complexity index is 2490. The second kappa shape index (κ2) is 13.0. The molecule has 0 spiro atoms. The summed E-state index contributed by atoms with van der Waals surface area (Å²) in [5.41, 5.74) is 9.03. The first kappa shape index (κ1) is 32.1. The van der Waals surface area contributed by atoms with Gasteiger partial charge in [-0.3, -0.25) is 9.98 Å². The minimum absolute atomic E-state index is 0.0433. The Morgan fingerprint density at radius 2 is 1.55 bits per heavy atom. The van der Waals surface area contributed by atoms with E-state index >= 15 is 0 Å². The molecule has 6 aromatic rings. The molecule has 6 heteroatoms. The summed E-state index contributed by atoms with van der Waals surface area (Å²) in [5.74, 6) is 4.06. The van der Waals surface area contributed by atoms with E-state index in [2.05, 4.69) is 135 Å². The van der Waals surface area contributed by atoms with Crippen molar-refractivity contribution >= 4 is 57.0 Å². The van der Waals surface area contributed by atoms with Gasteiger partial charge in [-0.25, -0.2) is 4.99 Å². The maximum atomic E-state index is 9.32. The highest BCUT2D eigenvalue weighted by Crippen LogP contribution is 2.36. The number of hydrogen-bond acceptors (Lipinski definition) is 4. The Morgan fingerprint density at radius 3 is 2.41 bits per heavy atom. The number of allylic oxidation sites excluding steroid dienone is 6. The van der Waals surface area contributed by atoms with Crippen molar-refractivity contribution in [1.29, 1.82) is 5.41 Å². The predicted octanol–water partition coefficient (Wildman–Crippen LogP) is 10.8. The van der Waals surface area contributed by atoms with Gasteiger partial charge in [0.25, 0.3) is 0 Å². The van der Waals surface area contributed by atoms with Crippen LogP contribution >= 0.6 is 0 Å². The minimum atomic E-state index is -0.107. The van der Waals surface area contributed by atoms with E-state index in [4.69, 9.17) is 9.73 Å². The molecule has 5 nitrogen and oxygen atoms in total. The second-order valence-electron chi connectivity index (χ2n) is 14.0. The number of hydrogen-bond donors (Lipinski definition) is 1. The minimum Gasteiger partial charge on any atom is -0.457 e. The molecule has 1 N–H and O–H groups in total. The third-order valence-corrected chi connectivity index (χ3v) is 9.61. The van der Waals surface area contributed by atoms with E-state index in [1.165, 1.54) is 5.46 Å². The van der Waals surface area contributed by atoms with Crippen LogP contribution in [0.5, 0.6) is 11.5 Å². The normalized spacial score (nSPS) is 14.3. The molecule has 0 saturated carbocycles. The van der Waals surface area contributed by atoms with Gasteiger partial charge in [0.15, 0.2) is 0 Å². The lowest BCUT2D eigenvalue weighted by Gasteiger charge is -2.32. The first-order valence-electron chi connectivity index (χ1n) is 17.5. The van der Waals surface area contributed by atoms with Crippen LogP contribution < -0.4 is 15.0 Å². The van der Waals surface area contributed by atoms with Crippen LogP contribution in [0.25, 0.3) is 21.8 Å². The van der Waals surface area contributed by atoms with Crippen molar-refractivity contribution in [3.05, 3.63) is 175 Å². The Labute approximate surface area is 299 Å². The predicted molar refractivity (Wildman–Crippen MR) is 216 cm³/mol. The molecular formula is C45H39BN4O. The summed E-state index contributed by atoms with van der Waals surface area (Å²) in [6.07, 6.45) is 12.4. The smallest absolute Gasteiger partial charge is 0.320 e. The summed E-state index contributed by atoms with van der Waals surface area (Å²) >= 11 is 0. The molecule has 2 aliphatic heterocycles. The maximum absolute atomic E-state index is 9.32. The Morgan fingerprint density at radius 1 is 0.784 bits per heavy atom. The largest absolute Gasteiger partial charge is 0.457 e. The van der Waals surface area contributed by atoms with Crippen molar-refractivity contribution in [1.82, 2.24) is 4.57 Å². The molecule has 3 heterocycles. The zero-order valence-electron chi connectivity index (χ0n) is 29.3. The molecule has 0 unspecified atom stereocenters. The maximum Gasteiger partial charge on any atom is 0.320 e. The van der Waals surface area contributed by atoms with Crippen LogP contribution in [0.3, 0.4) is 0 Å². The van der Waals surface area contributed by atoms with Crippen LogP contribution in [0.1, 0.15) is 38.8 Å². The lowest BCUT2D eigenvalue weighted by Crippen LogP contribution is -2.48. The summed E-state index contributed by atoms with van der Waals surface area (Å²) in [7, 11) is 0. The quantitative estimate of drug-likeness (QED) is 0.0865. The number of anilines is 1. The van der Waals surface area contributed by atoms with E-state index in [0.717, 1.165) is 55.6 Å². The highest BCUT2D eigenvalue weighted by Gasteiger charge is 2.31. The van der Waals surface area contributed by atoms with Gasteiger partial charge in [0.2, 0.25) is 0 Å². The number of aromatic nitrogens is 1. The van der Waals surface area contributed by atoms with E-state index < -0.39 is 0 Å². The molecule has 0 bridgehead atoms. The lowest BCUT2D eigenvalue weighted by atomic mass is 9.51. The number of aliphatic imine (C=N–C) groups is 1. The molecule has 2 aliphatic rings. The molecule has 1 aromatic heterocycles. The van der Waals surface area contributed by atoms with Gasteiger partial charge in [0.1, 0.15) is 17.3 Å². The Balaban J connectivity index is 1.22. The first-order valence-corrected chi connectivity index (χ1v) is 17.5. The van der Waals surface area contributed by atoms with Gasteiger partial charge in [-0.1, -0.05) is 112 Å². The average Bonchev–Trinajstić information content (AvgIpc) is 3.46. The monoisotopic (exact) mass is 662 g/mol. The summed E-state index contributed by atoms with van der Waals surface area (Å²) in [5, 5.41) is 11.5. The highest BCUT2D eigenvalue weighted by atomic mass is 16.5. The second-order valence-corrected chi connectivity index (χ2v) is 14.0. The topological polar surface area (TPSA) is 53.6 Å². The molecule has 0 amide bonds. The van der Waals surface area contributed by atoms with Crippen molar-refractivity contribution in [3.8, 4) is 11.5 Å². The third-order valence-electron chi connectivity index (χ3n) is 9.61. The van der Waals surface area contributed by atoms with Gasteiger partial charge in [-0.15, -0.1) is 0 Å². The summed E-state index contributed by atoms with van der Waals surface area (Å²) < 4.78 is 8.65. The van der Waals surface area contributed by atoms with Gasteiger partial charge in [-0.05, 0) is 89.8 Å². The standard InChI is InChI=1S/C45H39BN4O/c1-5-15-32(45(2,3)4)29-43(47)50-40-22-10-7-18-35(40)36-25-24-34(30-42(36)50)51-33-17-14-16-31(28-33)44-37-19-6-8-20-38(37)46-26-12-13-27-49(46)41-23-11-9-21-39(41)48-44/h5-30,47H,1-4H3/b15-5-,32-29+,47-43?,48-44?. The Hall–Kier alpha value is -6.14. The van der Waals surface area contributed by atoms with Crippen molar-refractivity contribution in [2.45, 2.75) is 27.7 Å². The summed E-state index contributed by atoms with van der Waals surface area (Å²) in [6, 6.07) is 39.5. The number of nitrogens with one attached hydrogen (secondary N) is 1. The average molecular weight is 663 g/mol. The molecule has 5 aromatic carbocycles. The Kier molecular flexibility index (Phi) is 8.15. The van der Waals surface area contributed by atoms with E-state index in [0.29, 0.717) is 17.3 Å². The van der Waals surface area contributed by atoms with Crippen molar-refractivity contribution in [2.75, 3.05) is 4.81 Å². The van der Waals surface area contributed by atoms with Crippen molar-refractivity contribution in [3.63, 3.8) is 0 Å². The number of ether oxygens (including phenoxy) is 1. The fourth-order valence-corrected chi connectivity index (χ4v) is 7.15. The van der Waals surface area contributed by atoms with Crippen LogP contribution in [0.15, 0.2) is 168 Å².